The third kappa shape index (κ3) is 3.27. The number of benzene rings is 1. The Morgan fingerprint density at radius 3 is 2.67 bits per heavy atom. The molecule has 0 atom stereocenters. The minimum atomic E-state index is -1.01. The molecule has 0 aliphatic carbocycles. The Hall–Kier alpha value is -2.44. The van der Waals surface area contributed by atoms with E-state index in [2.05, 4.69) is 0 Å². The van der Waals surface area contributed by atoms with Crippen molar-refractivity contribution in [3.8, 4) is 0 Å². The van der Waals surface area contributed by atoms with E-state index in [9.17, 15) is 19.7 Å². The second kappa shape index (κ2) is 5.76. The van der Waals surface area contributed by atoms with Crippen LogP contribution in [0.25, 0.3) is 0 Å². The molecule has 0 aliphatic rings. The number of carbonyl (C=O) groups is 2. The van der Waals surface area contributed by atoms with Crippen molar-refractivity contribution in [2.24, 2.45) is 0 Å². The molecule has 7 heteroatoms. The van der Waals surface area contributed by atoms with E-state index in [4.69, 9.17) is 5.11 Å². The summed E-state index contributed by atoms with van der Waals surface area (Å²) in [4.78, 5) is 32.6. The molecule has 0 bridgehead atoms. The molecule has 0 heterocycles. The van der Waals surface area contributed by atoms with Crippen LogP contribution in [0.3, 0.4) is 0 Å². The van der Waals surface area contributed by atoms with Crippen molar-refractivity contribution in [1.82, 2.24) is 0 Å². The molecule has 0 aromatic heterocycles. The summed E-state index contributed by atoms with van der Waals surface area (Å²) in [6.07, 6.45) is 0.318. The van der Waals surface area contributed by atoms with Crippen molar-refractivity contribution in [2.75, 3.05) is 11.4 Å². The summed E-state index contributed by atoms with van der Waals surface area (Å²) >= 11 is 0. The summed E-state index contributed by atoms with van der Waals surface area (Å²) < 4.78 is 0. The van der Waals surface area contributed by atoms with Gasteiger partial charge in [0.15, 0.2) is 0 Å². The van der Waals surface area contributed by atoms with Gasteiger partial charge < -0.3 is 10.0 Å². The molecule has 0 saturated carbocycles. The molecule has 1 aromatic carbocycles. The molecular weight excluding hydrogens is 240 g/mol. The Balaban J connectivity index is 2.94. The van der Waals surface area contributed by atoms with Gasteiger partial charge in [0.2, 0.25) is 6.41 Å². The lowest BCUT2D eigenvalue weighted by Gasteiger charge is -2.16. The predicted octanol–water partition coefficient (Wildman–Crippen LogP) is 1.34. The molecule has 0 fully saturated rings. The van der Waals surface area contributed by atoms with Crippen LogP contribution in [0.2, 0.25) is 0 Å². The van der Waals surface area contributed by atoms with Crippen LogP contribution in [0.5, 0.6) is 0 Å². The number of rotatable bonds is 6. The van der Waals surface area contributed by atoms with Crippen LogP contribution in [-0.4, -0.2) is 29.0 Å². The first-order valence-corrected chi connectivity index (χ1v) is 5.14. The van der Waals surface area contributed by atoms with E-state index in [0.29, 0.717) is 17.7 Å². The molecule has 1 amide bonds. The second-order valence-electron chi connectivity index (χ2n) is 3.67. The van der Waals surface area contributed by atoms with Gasteiger partial charge in [-0.3, -0.25) is 19.7 Å². The Kier molecular flexibility index (Phi) is 4.36. The summed E-state index contributed by atoms with van der Waals surface area (Å²) in [6.45, 7) is 1.58. The van der Waals surface area contributed by atoms with E-state index < -0.39 is 10.9 Å². The Morgan fingerprint density at radius 2 is 2.22 bits per heavy atom. The average Bonchev–Trinajstić information content (AvgIpc) is 2.29. The molecule has 96 valence electrons. The van der Waals surface area contributed by atoms with Gasteiger partial charge in [0, 0.05) is 23.9 Å². The van der Waals surface area contributed by atoms with Gasteiger partial charge in [-0.1, -0.05) is 0 Å². The predicted molar refractivity (Wildman–Crippen MR) is 63.5 cm³/mol. The van der Waals surface area contributed by atoms with Crippen LogP contribution in [0.4, 0.5) is 11.4 Å². The fourth-order valence-electron chi connectivity index (χ4n) is 1.48. The minimum absolute atomic E-state index is 0.0239. The van der Waals surface area contributed by atoms with E-state index in [1.807, 2.05) is 0 Å². The van der Waals surface area contributed by atoms with Crippen LogP contribution in [-0.2, 0) is 9.59 Å². The lowest BCUT2D eigenvalue weighted by molar-refractivity contribution is -0.385. The number of hydrogen-bond acceptors (Lipinski definition) is 4. The molecule has 1 N–H and O–H groups in total. The maximum atomic E-state index is 10.8. The standard InChI is InChI=1S/C11H12N2O5/c1-8-6-9(2-3-10(8)13(17)18)12(7-14)5-4-11(15)16/h2-3,6-7H,4-5H2,1H3,(H,15,16). The largest absolute Gasteiger partial charge is 0.481 e. The molecule has 0 unspecified atom stereocenters. The van der Waals surface area contributed by atoms with Crippen LogP contribution >= 0.6 is 0 Å². The lowest BCUT2D eigenvalue weighted by atomic mass is 10.1. The number of carbonyl (C=O) groups excluding carboxylic acids is 1. The van der Waals surface area contributed by atoms with Crippen molar-refractivity contribution in [2.45, 2.75) is 13.3 Å². The number of nitro benzene ring substituents is 1. The SMILES string of the molecule is Cc1cc(N(C=O)CCC(=O)O)ccc1[N+](=O)[O-]. The van der Waals surface area contributed by atoms with E-state index in [1.165, 1.54) is 23.1 Å². The van der Waals surface area contributed by atoms with Gasteiger partial charge in [-0.2, -0.15) is 0 Å². The molecule has 1 rings (SSSR count). The Labute approximate surface area is 103 Å². The normalized spacial score (nSPS) is 9.83. The van der Waals surface area contributed by atoms with Crippen LogP contribution < -0.4 is 4.90 Å². The second-order valence-corrected chi connectivity index (χ2v) is 3.67. The number of carboxylic acids is 1. The number of hydrogen-bond donors (Lipinski definition) is 1. The van der Waals surface area contributed by atoms with Gasteiger partial charge in [-0.25, -0.2) is 0 Å². The highest BCUT2D eigenvalue weighted by atomic mass is 16.6. The van der Waals surface area contributed by atoms with Crippen molar-refractivity contribution in [1.29, 1.82) is 0 Å². The zero-order chi connectivity index (χ0) is 13.7. The fraction of sp³-hybridized carbons (Fsp3) is 0.273. The van der Waals surface area contributed by atoms with E-state index in [-0.39, 0.29) is 18.7 Å². The number of carboxylic acid groups (broad SMARTS) is 1. The minimum Gasteiger partial charge on any atom is -0.481 e. The molecule has 0 saturated heterocycles. The third-order valence-electron chi connectivity index (χ3n) is 2.40. The van der Waals surface area contributed by atoms with Gasteiger partial charge in [0.05, 0.1) is 11.3 Å². The number of nitrogens with zero attached hydrogens (tertiary/aromatic N) is 2. The van der Waals surface area contributed by atoms with Gasteiger partial charge in [-0.05, 0) is 19.1 Å². The van der Waals surface area contributed by atoms with E-state index >= 15 is 0 Å². The number of amides is 1. The van der Waals surface area contributed by atoms with Crippen molar-refractivity contribution in [3.63, 3.8) is 0 Å². The number of nitro groups is 1. The number of aliphatic carboxylic acids is 1. The zero-order valence-electron chi connectivity index (χ0n) is 9.70. The molecule has 0 spiro atoms. The Morgan fingerprint density at radius 1 is 1.56 bits per heavy atom. The zero-order valence-corrected chi connectivity index (χ0v) is 9.70. The first-order chi connectivity index (χ1) is 8.45. The molecule has 0 aliphatic heterocycles. The first kappa shape index (κ1) is 13.6. The fourth-order valence-corrected chi connectivity index (χ4v) is 1.48. The van der Waals surface area contributed by atoms with Gasteiger partial charge >= 0.3 is 5.97 Å². The summed E-state index contributed by atoms with van der Waals surface area (Å²) in [5.74, 6) is -1.01. The summed E-state index contributed by atoms with van der Waals surface area (Å²) in [6, 6.07) is 4.19. The molecular formula is C11H12N2O5. The maximum absolute atomic E-state index is 10.8. The number of aryl methyl sites for hydroxylation is 1. The maximum Gasteiger partial charge on any atom is 0.305 e. The van der Waals surface area contributed by atoms with Crippen LogP contribution in [0.1, 0.15) is 12.0 Å². The molecule has 1 aromatic rings. The van der Waals surface area contributed by atoms with E-state index in [0.717, 1.165) is 0 Å². The summed E-state index contributed by atoms with van der Waals surface area (Å²) in [5.41, 5.74) is 0.817. The summed E-state index contributed by atoms with van der Waals surface area (Å²) in [7, 11) is 0. The highest BCUT2D eigenvalue weighted by Crippen LogP contribution is 2.23. The topological polar surface area (TPSA) is 101 Å². The highest BCUT2D eigenvalue weighted by molar-refractivity contribution is 5.78. The Bertz CT molecular complexity index is 486. The van der Waals surface area contributed by atoms with E-state index in [1.54, 1.807) is 6.92 Å². The molecule has 0 radical (unpaired) electrons. The molecule has 18 heavy (non-hydrogen) atoms. The van der Waals surface area contributed by atoms with Crippen molar-refractivity contribution in [3.05, 3.63) is 33.9 Å². The first-order valence-electron chi connectivity index (χ1n) is 5.14. The van der Waals surface area contributed by atoms with Gasteiger partial charge in [0.1, 0.15) is 0 Å². The quantitative estimate of drug-likeness (QED) is 0.467. The lowest BCUT2D eigenvalue weighted by Crippen LogP contribution is -2.24. The van der Waals surface area contributed by atoms with Gasteiger partial charge in [0.25, 0.3) is 5.69 Å². The van der Waals surface area contributed by atoms with Crippen molar-refractivity contribution >= 4 is 23.8 Å². The average molecular weight is 252 g/mol. The highest BCUT2D eigenvalue weighted by Gasteiger charge is 2.13. The number of anilines is 1. The van der Waals surface area contributed by atoms with Crippen LogP contribution in [0, 0.1) is 17.0 Å². The monoisotopic (exact) mass is 252 g/mol. The molecule has 7 nitrogen and oxygen atoms in total. The van der Waals surface area contributed by atoms with Gasteiger partial charge in [-0.15, -0.1) is 0 Å². The third-order valence-corrected chi connectivity index (χ3v) is 2.40. The smallest absolute Gasteiger partial charge is 0.305 e. The van der Waals surface area contributed by atoms with Crippen molar-refractivity contribution < 1.29 is 19.6 Å². The van der Waals surface area contributed by atoms with Crippen LogP contribution in [0.15, 0.2) is 18.2 Å². The summed E-state index contributed by atoms with van der Waals surface area (Å²) in [5, 5.41) is 19.2.